The molecule has 0 aromatic heterocycles. The fourth-order valence-electron chi connectivity index (χ4n) is 7.31. The van der Waals surface area contributed by atoms with Gasteiger partial charge in [0.2, 0.25) is 5.91 Å². The van der Waals surface area contributed by atoms with Gasteiger partial charge in [0.1, 0.15) is 6.10 Å². The summed E-state index contributed by atoms with van der Waals surface area (Å²) in [5.74, 6) is -0.659. The highest BCUT2D eigenvalue weighted by Crippen LogP contribution is 2.16. The number of ether oxygens (including phenoxy) is 1. The Balaban J connectivity index is 4.81. The van der Waals surface area contributed by atoms with Crippen LogP contribution in [0.1, 0.15) is 220 Å². The second-order valence-corrected chi connectivity index (χ2v) is 17.5. The standard InChI is InChI=1S/C60H99NO5/c1-4-7-10-13-16-19-22-25-28-29-32-35-38-41-44-47-50-53-60(65)66-56(51-48-45-42-39-36-33-30-26-23-20-17-14-11-8-5-2)54-59(64)61-57(55-62)58(63)52-49-46-43-40-37-34-31-27-24-21-18-15-12-9-6-3/h7-8,10-11,16-17,19-20,25-26,28,30,32,35-36,39,41,44-45,48,56-58,62-63H,4-6,9,12-15,18,21-24,27,29,31,33-34,37-38,40,42-43,46-47,49-55H2,1-3H3,(H,61,64)/b10-7-,11-8-,19-16-,20-17-,28-25-,30-26-,35-32-,39-36-,44-41-,48-45-. The van der Waals surface area contributed by atoms with Crippen molar-refractivity contribution in [3.05, 3.63) is 122 Å². The Hall–Kier alpha value is -3.74. The third kappa shape index (κ3) is 46.8. The summed E-state index contributed by atoms with van der Waals surface area (Å²) in [5.41, 5.74) is 0. The molecule has 3 atom stereocenters. The van der Waals surface area contributed by atoms with E-state index in [-0.39, 0.29) is 31.3 Å². The van der Waals surface area contributed by atoms with Gasteiger partial charge in [-0.2, -0.15) is 0 Å². The molecule has 0 aliphatic carbocycles. The minimum absolute atomic E-state index is 0.0308. The lowest BCUT2D eigenvalue weighted by Gasteiger charge is -2.24. The molecule has 0 aliphatic heterocycles. The van der Waals surface area contributed by atoms with Gasteiger partial charge in [0.25, 0.3) is 0 Å². The van der Waals surface area contributed by atoms with Crippen LogP contribution in [0.15, 0.2) is 122 Å². The summed E-state index contributed by atoms with van der Waals surface area (Å²) in [6.45, 7) is 6.21. The molecule has 0 saturated heterocycles. The average Bonchev–Trinajstić information content (AvgIpc) is 3.31. The molecule has 0 spiro atoms. The molecule has 1 amide bonds. The number of aliphatic hydroxyl groups is 2. The Morgan fingerprint density at radius 1 is 0.470 bits per heavy atom. The van der Waals surface area contributed by atoms with Gasteiger partial charge in [0, 0.05) is 12.8 Å². The molecule has 3 unspecified atom stereocenters. The lowest BCUT2D eigenvalue weighted by atomic mass is 10.0. The predicted molar refractivity (Wildman–Crippen MR) is 286 cm³/mol. The Labute approximate surface area is 406 Å². The number of esters is 1. The van der Waals surface area contributed by atoms with Crippen molar-refractivity contribution in [2.45, 2.75) is 238 Å². The largest absolute Gasteiger partial charge is 0.461 e. The predicted octanol–water partition coefficient (Wildman–Crippen LogP) is 16.5. The van der Waals surface area contributed by atoms with Crippen LogP contribution in [0.4, 0.5) is 0 Å². The molecular weight excluding hydrogens is 815 g/mol. The first kappa shape index (κ1) is 62.3. The third-order valence-corrected chi connectivity index (χ3v) is 11.3. The summed E-state index contributed by atoms with van der Waals surface area (Å²) in [5, 5.41) is 23.8. The highest BCUT2D eigenvalue weighted by Gasteiger charge is 2.23. The number of rotatable bonds is 46. The normalized spacial score (nSPS) is 14.2. The van der Waals surface area contributed by atoms with Crippen molar-refractivity contribution in [1.82, 2.24) is 5.32 Å². The molecule has 6 nitrogen and oxygen atoms in total. The number of hydrogen-bond acceptors (Lipinski definition) is 5. The molecule has 0 bridgehead atoms. The zero-order chi connectivity index (χ0) is 48.1. The number of carbonyl (C=O) groups excluding carboxylic acids is 2. The quantitative estimate of drug-likeness (QED) is 0.0321. The zero-order valence-electron chi connectivity index (χ0n) is 42.5. The summed E-state index contributed by atoms with van der Waals surface area (Å²) in [6, 6.07) is -0.752. The van der Waals surface area contributed by atoms with Crippen molar-refractivity contribution in [2.24, 2.45) is 0 Å². The van der Waals surface area contributed by atoms with E-state index in [0.29, 0.717) is 19.3 Å². The molecule has 6 heteroatoms. The second kappa shape index (κ2) is 52.2. The fraction of sp³-hybridized carbons (Fsp3) is 0.633. The van der Waals surface area contributed by atoms with Crippen LogP contribution in [0.25, 0.3) is 0 Å². The number of amides is 1. The van der Waals surface area contributed by atoms with Crippen LogP contribution in [0.2, 0.25) is 0 Å². The van der Waals surface area contributed by atoms with Crippen LogP contribution in [-0.2, 0) is 14.3 Å². The molecule has 0 aliphatic rings. The second-order valence-electron chi connectivity index (χ2n) is 17.5. The van der Waals surface area contributed by atoms with Crippen molar-refractivity contribution in [3.8, 4) is 0 Å². The Kier molecular flexibility index (Phi) is 49.3. The minimum atomic E-state index is -0.830. The number of aliphatic hydroxyl groups excluding tert-OH is 2. The zero-order valence-corrected chi connectivity index (χ0v) is 42.5. The molecule has 0 aromatic rings. The molecule has 0 saturated carbocycles. The van der Waals surface area contributed by atoms with Crippen LogP contribution >= 0.6 is 0 Å². The summed E-state index contributed by atoms with van der Waals surface area (Å²) in [7, 11) is 0. The van der Waals surface area contributed by atoms with Crippen molar-refractivity contribution < 1.29 is 24.5 Å². The molecule has 66 heavy (non-hydrogen) atoms. The molecule has 0 heterocycles. The van der Waals surface area contributed by atoms with E-state index in [1.54, 1.807) is 0 Å². The van der Waals surface area contributed by atoms with Crippen molar-refractivity contribution >= 4 is 11.9 Å². The van der Waals surface area contributed by atoms with E-state index < -0.39 is 18.2 Å². The monoisotopic (exact) mass is 914 g/mol. The highest BCUT2D eigenvalue weighted by atomic mass is 16.5. The lowest BCUT2D eigenvalue weighted by molar-refractivity contribution is -0.150. The van der Waals surface area contributed by atoms with Crippen LogP contribution in [0.5, 0.6) is 0 Å². The van der Waals surface area contributed by atoms with E-state index in [0.717, 1.165) is 89.9 Å². The van der Waals surface area contributed by atoms with Crippen LogP contribution < -0.4 is 5.32 Å². The maximum Gasteiger partial charge on any atom is 0.306 e. The Bertz CT molecular complexity index is 1390. The summed E-state index contributed by atoms with van der Waals surface area (Å²) < 4.78 is 5.84. The van der Waals surface area contributed by atoms with E-state index in [1.165, 1.54) is 77.0 Å². The maximum absolute atomic E-state index is 13.2. The van der Waals surface area contributed by atoms with E-state index in [1.807, 2.05) is 12.2 Å². The van der Waals surface area contributed by atoms with Gasteiger partial charge in [-0.15, -0.1) is 0 Å². The molecule has 0 fully saturated rings. The number of nitrogens with one attached hydrogen (secondary N) is 1. The Morgan fingerprint density at radius 3 is 1.23 bits per heavy atom. The van der Waals surface area contributed by atoms with Gasteiger partial charge in [0.05, 0.1) is 25.2 Å². The van der Waals surface area contributed by atoms with E-state index in [2.05, 4.69) is 135 Å². The lowest BCUT2D eigenvalue weighted by Crippen LogP contribution is -2.46. The Morgan fingerprint density at radius 2 is 0.833 bits per heavy atom. The third-order valence-electron chi connectivity index (χ3n) is 11.3. The first-order valence-electron chi connectivity index (χ1n) is 26.8. The molecule has 374 valence electrons. The van der Waals surface area contributed by atoms with Crippen molar-refractivity contribution in [2.75, 3.05) is 6.61 Å². The van der Waals surface area contributed by atoms with Crippen LogP contribution in [-0.4, -0.2) is 46.9 Å². The summed E-state index contributed by atoms with van der Waals surface area (Å²) in [6.07, 6.45) is 72.8. The molecular formula is C60H99NO5. The molecule has 0 aromatic carbocycles. The van der Waals surface area contributed by atoms with Crippen molar-refractivity contribution in [3.63, 3.8) is 0 Å². The van der Waals surface area contributed by atoms with E-state index >= 15 is 0 Å². The molecule has 0 radical (unpaired) electrons. The van der Waals surface area contributed by atoms with Crippen molar-refractivity contribution in [1.29, 1.82) is 0 Å². The number of hydrogen-bond donors (Lipinski definition) is 3. The minimum Gasteiger partial charge on any atom is -0.461 e. The average molecular weight is 914 g/mol. The topological polar surface area (TPSA) is 95.9 Å². The van der Waals surface area contributed by atoms with Crippen LogP contribution in [0, 0.1) is 0 Å². The van der Waals surface area contributed by atoms with Gasteiger partial charge >= 0.3 is 5.97 Å². The fourth-order valence-corrected chi connectivity index (χ4v) is 7.31. The van der Waals surface area contributed by atoms with Gasteiger partial charge in [-0.25, -0.2) is 0 Å². The molecule has 0 rings (SSSR count). The SMILES string of the molecule is CC/C=C\C/C=C\C/C=C\C/C=C\C/C=C\CCCC(=O)OC(C/C=C\C/C=C\C/C=C\C/C=C\C/C=C\CC)CC(=O)NC(CO)C(O)CCCCCCCCCCCCCCCCC. The van der Waals surface area contributed by atoms with Gasteiger partial charge in [-0.05, 0) is 83.5 Å². The van der Waals surface area contributed by atoms with E-state index in [9.17, 15) is 19.8 Å². The smallest absolute Gasteiger partial charge is 0.306 e. The number of carbonyl (C=O) groups is 2. The van der Waals surface area contributed by atoms with E-state index in [4.69, 9.17) is 4.74 Å². The van der Waals surface area contributed by atoms with Gasteiger partial charge in [0.15, 0.2) is 0 Å². The number of unbranched alkanes of at least 4 members (excludes halogenated alkanes) is 15. The maximum atomic E-state index is 13.2. The first-order chi connectivity index (χ1) is 32.5. The van der Waals surface area contributed by atoms with Gasteiger partial charge in [-0.3, -0.25) is 9.59 Å². The first-order valence-corrected chi connectivity index (χ1v) is 26.8. The highest BCUT2D eigenvalue weighted by molar-refractivity contribution is 5.77. The number of allylic oxidation sites excluding steroid dienone is 19. The van der Waals surface area contributed by atoms with Gasteiger partial charge in [-0.1, -0.05) is 239 Å². The van der Waals surface area contributed by atoms with Gasteiger partial charge < -0.3 is 20.3 Å². The van der Waals surface area contributed by atoms with Crippen LogP contribution in [0.3, 0.4) is 0 Å². The molecule has 3 N–H and O–H groups in total. The summed E-state index contributed by atoms with van der Waals surface area (Å²) >= 11 is 0. The summed E-state index contributed by atoms with van der Waals surface area (Å²) in [4.78, 5) is 26.1.